The van der Waals surface area contributed by atoms with Crippen LogP contribution in [-0.4, -0.2) is 51.7 Å². The fourth-order valence-electron chi connectivity index (χ4n) is 3.46. The van der Waals surface area contributed by atoms with Crippen LogP contribution in [0.5, 0.6) is 5.88 Å². The molecule has 1 aliphatic heterocycles. The SMILES string of the molecule is Cc1nnc(NC(=O)CCc2ccc(OC3CCN(CC4CC4)CC3)nc2)s1. The van der Waals surface area contributed by atoms with Crippen molar-refractivity contribution in [3.63, 3.8) is 0 Å². The number of carbonyl (C=O) groups excluding carboxylic acids is 1. The Morgan fingerprint density at radius 3 is 2.71 bits per heavy atom. The van der Waals surface area contributed by atoms with Crippen molar-refractivity contribution in [2.45, 2.75) is 51.6 Å². The Bertz CT molecular complexity index is 782. The van der Waals surface area contributed by atoms with Crippen LogP contribution in [0.1, 0.15) is 42.7 Å². The van der Waals surface area contributed by atoms with Crippen molar-refractivity contribution in [1.29, 1.82) is 0 Å². The molecule has 0 spiro atoms. The highest BCUT2D eigenvalue weighted by molar-refractivity contribution is 7.15. The predicted molar refractivity (Wildman–Crippen MR) is 109 cm³/mol. The highest BCUT2D eigenvalue weighted by Crippen LogP contribution is 2.30. The van der Waals surface area contributed by atoms with E-state index in [2.05, 4.69) is 25.4 Å². The molecule has 1 amide bonds. The largest absolute Gasteiger partial charge is 0.474 e. The van der Waals surface area contributed by atoms with E-state index in [1.165, 1.54) is 30.7 Å². The number of hydrogen-bond donors (Lipinski definition) is 1. The molecule has 4 rings (SSSR count). The van der Waals surface area contributed by atoms with Crippen LogP contribution < -0.4 is 10.1 Å². The summed E-state index contributed by atoms with van der Waals surface area (Å²) in [5, 5.41) is 12.0. The van der Waals surface area contributed by atoms with E-state index in [4.69, 9.17) is 4.74 Å². The third kappa shape index (κ3) is 5.72. The maximum atomic E-state index is 12.0. The number of aryl methyl sites for hydroxylation is 2. The van der Waals surface area contributed by atoms with E-state index >= 15 is 0 Å². The van der Waals surface area contributed by atoms with Gasteiger partial charge in [0.2, 0.25) is 16.9 Å². The number of rotatable bonds is 8. The molecule has 1 saturated heterocycles. The molecule has 28 heavy (non-hydrogen) atoms. The van der Waals surface area contributed by atoms with Crippen molar-refractivity contribution in [2.24, 2.45) is 5.92 Å². The highest BCUT2D eigenvalue weighted by Gasteiger charge is 2.27. The van der Waals surface area contributed by atoms with Crippen LogP contribution in [0.3, 0.4) is 0 Å². The number of piperidine rings is 1. The lowest BCUT2D eigenvalue weighted by atomic mass is 10.1. The molecule has 1 aliphatic carbocycles. The molecule has 0 radical (unpaired) electrons. The first kappa shape index (κ1) is 19.3. The molecule has 2 aromatic heterocycles. The van der Waals surface area contributed by atoms with Gasteiger partial charge in [-0.2, -0.15) is 0 Å². The lowest BCUT2D eigenvalue weighted by Crippen LogP contribution is -2.39. The van der Waals surface area contributed by atoms with Gasteiger partial charge in [-0.1, -0.05) is 17.4 Å². The molecular weight excluding hydrogens is 374 g/mol. The molecule has 2 aromatic rings. The lowest BCUT2D eigenvalue weighted by Gasteiger charge is -2.31. The standard InChI is InChI=1S/C20H27N5O2S/c1-14-23-24-20(28-14)22-18(26)6-4-15-5-7-19(21-12-15)27-17-8-10-25(11-9-17)13-16-2-3-16/h5,7,12,16-17H,2-4,6,8-11,13H2,1H3,(H,22,24,26). The second-order valence-corrected chi connectivity index (χ2v) is 8.92. The quantitative estimate of drug-likeness (QED) is 0.732. The lowest BCUT2D eigenvalue weighted by molar-refractivity contribution is -0.116. The minimum Gasteiger partial charge on any atom is -0.474 e. The van der Waals surface area contributed by atoms with Crippen molar-refractivity contribution in [3.05, 3.63) is 28.9 Å². The number of hydrogen-bond acceptors (Lipinski definition) is 7. The minimum absolute atomic E-state index is 0.0607. The molecule has 1 N–H and O–H groups in total. The number of amides is 1. The molecule has 8 heteroatoms. The zero-order valence-electron chi connectivity index (χ0n) is 16.3. The van der Waals surface area contributed by atoms with Gasteiger partial charge in [-0.25, -0.2) is 4.98 Å². The number of ether oxygens (including phenoxy) is 1. The Morgan fingerprint density at radius 2 is 2.07 bits per heavy atom. The zero-order chi connectivity index (χ0) is 19.3. The van der Waals surface area contributed by atoms with Gasteiger partial charge >= 0.3 is 0 Å². The van der Waals surface area contributed by atoms with E-state index in [0.29, 0.717) is 23.9 Å². The van der Waals surface area contributed by atoms with E-state index < -0.39 is 0 Å². The summed E-state index contributed by atoms with van der Waals surface area (Å²) in [6.07, 6.45) is 8.06. The second-order valence-electron chi connectivity index (χ2n) is 7.74. The van der Waals surface area contributed by atoms with E-state index in [1.807, 2.05) is 19.1 Å². The first-order valence-electron chi connectivity index (χ1n) is 10.1. The van der Waals surface area contributed by atoms with Gasteiger partial charge in [0.1, 0.15) is 11.1 Å². The molecular formula is C20H27N5O2S. The fourth-order valence-corrected chi connectivity index (χ4v) is 4.07. The smallest absolute Gasteiger partial charge is 0.226 e. The van der Waals surface area contributed by atoms with E-state index in [0.717, 1.165) is 42.4 Å². The Kier molecular flexibility index (Phi) is 6.17. The molecule has 2 fully saturated rings. The normalized spacial score (nSPS) is 18.2. The van der Waals surface area contributed by atoms with Crippen molar-refractivity contribution in [1.82, 2.24) is 20.1 Å². The molecule has 0 aromatic carbocycles. The van der Waals surface area contributed by atoms with Gasteiger partial charge in [0, 0.05) is 38.3 Å². The molecule has 0 bridgehead atoms. The maximum absolute atomic E-state index is 12.0. The van der Waals surface area contributed by atoms with Crippen molar-refractivity contribution >= 4 is 22.4 Å². The van der Waals surface area contributed by atoms with Crippen molar-refractivity contribution in [2.75, 3.05) is 25.0 Å². The number of nitrogens with zero attached hydrogens (tertiary/aromatic N) is 4. The first-order valence-corrected chi connectivity index (χ1v) is 10.9. The number of nitrogens with one attached hydrogen (secondary N) is 1. The topological polar surface area (TPSA) is 80.2 Å². The molecule has 3 heterocycles. The predicted octanol–water partition coefficient (Wildman–Crippen LogP) is 3.07. The van der Waals surface area contributed by atoms with Gasteiger partial charge in [0.05, 0.1) is 0 Å². The summed E-state index contributed by atoms with van der Waals surface area (Å²) in [5.41, 5.74) is 1.02. The summed E-state index contributed by atoms with van der Waals surface area (Å²) < 4.78 is 6.06. The van der Waals surface area contributed by atoms with Crippen LogP contribution in [-0.2, 0) is 11.2 Å². The monoisotopic (exact) mass is 401 g/mol. The molecule has 7 nitrogen and oxygen atoms in total. The van der Waals surface area contributed by atoms with Gasteiger partial charge in [-0.15, -0.1) is 10.2 Å². The zero-order valence-corrected chi connectivity index (χ0v) is 17.1. The highest BCUT2D eigenvalue weighted by atomic mass is 32.1. The fraction of sp³-hybridized carbons (Fsp3) is 0.600. The van der Waals surface area contributed by atoms with Gasteiger partial charge in [-0.05, 0) is 50.5 Å². The summed E-state index contributed by atoms with van der Waals surface area (Å²) in [7, 11) is 0. The summed E-state index contributed by atoms with van der Waals surface area (Å²) >= 11 is 1.38. The second kappa shape index (κ2) is 8.96. The summed E-state index contributed by atoms with van der Waals surface area (Å²) in [5.74, 6) is 1.57. The molecule has 0 atom stereocenters. The van der Waals surface area contributed by atoms with Crippen LogP contribution in [0.25, 0.3) is 0 Å². The molecule has 2 aliphatic rings. The Balaban J connectivity index is 1.18. The third-order valence-electron chi connectivity index (χ3n) is 5.25. The van der Waals surface area contributed by atoms with Gasteiger partial charge in [0.15, 0.2) is 0 Å². The average molecular weight is 402 g/mol. The van der Waals surface area contributed by atoms with Crippen LogP contribution in [0.4, 0.5) is 5.13 Å². The van der Waals surface area contributed by atoms with Crippen molar-refractivity contribution in [3.8, 4) is 5.88 Å². The first-order chi connectivity index (χ1) is 13.6. The van der Waals surface area contributed by atoms with E-state index in [-0.39, 0.29) is 12.0 Å². The number of carbonyl (C=O) groups is 1. The Labute approximate surface area is 169 Å². The Morgan fingerprint density at radius 1 is 1.25 bits per heavy atom. The van der Waals surface area contributed by atoms with E-state index in [1.54, 1.807) is 6.20 Å². The van der Waals surface area contributed by atoms with Gasteiger partial charge in [0.25, 0.3) is 0 Å². The third-order valence-corrected chi connectivity index (χ3v) is 6.00. The average Bonchev–Trinajstić information content (AvgIpc) is 3.42. The molecule has 150 valence electrons. The molecule has 0 unspecified atom stereocenters. The number of aromatic nitrogens is 3. The van der Waals surface area contributed by atoms with Crippen molar-refractivity contribution < 1.29 is 9.53 Å². The number of likely N-dealkylation sites (tertiary alicyclic amines) is 1. The van der Waals surface area contributed by atoms with Gasteiger partial charge < -0.3 is 15.0 Å². The van der Waals surface area contributed by atoms with Crippen LogP contribution >= 0.6 is 11.3 Å². The number of anilines is 1. The van der Waals surface area contributed by atoms with Crippen LogP contribution in [0, 0.1) is 12.8 Å². The maximum Gasteiger partial charge on any atom is 0.226 e. The molecule has 1 saturated carbocycles. The van der Waals surface area contributed by atoms with Crippen LogP contribution in [0.15, 0.2) is 18.3 Å². The van der Waals surface area contributed by atoms with Crippen LogP contribution in [0.2, 0.25) is 0 Å². The number of pyridine rings is 1. The Hall–Kier alpha value is -2.06. The summed E-state index contributed by atoms with van der Waals surface area (Å²) in [6.45, 7) is 5.39. The summed E-state index contributed by atoms with van der Waals surface area (Å²) in [4.78, 5) is 19.0. The minimum atomic E-state index is -0.0607. The van der Waals surface area contributed by atoms with E-state index in [9.17, 15) is 4.79 Å². The van der Waals surface area contributed by atoms with Gasteiger partial charge in [-0.3, -0.25) is 4.79 Å². The summed E-state index contributed by atoms with van der Waals surface area (Å²) in [6, 6.07) is 3.91.